The summed E-state index contributed by atoms with van der Waals surface area (Å²) in [7, 11) is 1.52. The molecule has 1 aromatic carbocycles. The van der Waals surface area contributed by atoms with Crippen LogP contribution in [0, 0.1) is 5.82 Å². The Balaban J connectivity index is 2.50. The van der Waals surface area contributed by atoms with Crippen LogP contribution in [-0.2, 0) is 0 Å². The molecule has 0 saturated carbocycles. The van der Waals surface area contributed by atoms with E-state index in [0.29, 0.717) is 16.8 Å². The zero-order valence-electron chi connectivity index (χ0n) is 8.92. The van der Waals surface area contributed by atoms with Gasteiger partial charge in [0.1, 0.15) is 5.82 Å². The molecule has 2 rings (SSSR count). The van der Waals surface area contributed by atoms with Crippen LogP contribution in [0.15, 0.2) is 24.4 Å². The van der Waals surface area contributed by atoms with Crippen molar-refractivity contribution in [1.29, 1.82) is 0 Å². The normalized spacial score (nSPS) is 10.3. The highest BCUT2D eigenvalue weighted by Gasteiger charge is 2.14. The third kappa shape index (κ3) is 2.14. The number of hydrogen-bond acceptors (Lipinski definition) is 2. The number of nitrogens with zero attached hydrogens (tertiary/aromatic N) is 1. The number of H-pyrrole nitrogens is 1. The molecule has 0 bridgehead atoms. The Bertz CT molecular complexity index is 568. The number of nitrogens with one attached hydrogen (secondary N) is 2. The van der Waals surface area contributed by atoms with Crippen LogP contribution in [0.3, 0.4) is 0 Å². The summed E-state index contributed by atoms with van der Waals surface area (Å²) in [6.45, 7) is 0. The highest BCUT2D eigenvalue weighted by atomic mass is 35.5. The third-order valence-electron chi connectivity index (χ3n) is 2.32. The lowest BCUT2D eigenvalue weighted by atomic mass is 10.1. The summed E-state index contributed by atoms with van der Waals surface area (Å²) in [5.41, 5.74) is 1.49. The highest BCUT2D eigenvalue weighted by Crippen LogP contribution is 2.25. The standard InChI is InChI=1S/C11H9ClFN3O/c1-14-11(17)7-5-15-16-10(7)6-2-3-9(13)8(12)4-6/h2-5H,1H3,(H,14,17)(H,15,16). The first-order chi connectivity index (χ1) is 8.13. The third-order valence-corrected chi connectivity index (χ3v) is 2.61. The molecule has 0 saturated heterocycles. The van der Waals surface area contributed by atoms with Crippen LogP contribution in [-0.4, -0.2) is 23.2 Å². The molecule has 0 spiro atoms. The van der Waals surface area contributed by atoms with Crippen molar-refractivity contribution in [3.63, 3.8) is 0 Å². The molecule has 88 valence electrons. The van der Waals surface area contributed by atoms with E-state index in [-0.39, 0.29) is 10.9 Å². The van der Waals surface area contributed by atoms with E-state index in [4.69, 9.17) is 11.6 Å². The molecule has 0 radical (unpaired) electrons. The SMILES string of the molecule is CNC(=O)c1cn[nH]c1-c1ccc(F)c(Cl)c1. The Morgan fingerprint density at radius 1 is 1.53 bits per heavy atom. The second-order valence-electron chi connectivity index (χ2n) is 3.37. The van der Waals surface area contributed by atoms with E-state index in [1.807, 2.05) is 0 Å². The molecular weight excluding hydrogens is 245 g/mol. The van der Waals surface area contributed by atoms with Crippen LogP contribution in [0.25, 0.3) is 11.3 Å². The van der Waals surface area contributed by atoms with Gasteiger partial charge in [0.25, 0.3) is 5.91 Å². The van der Waals surface area contributed by atoms with E-state index in [1.165, 1.54) is 31.4 Å². The van der Waals surface area contributed by atoms with Crippen molar-refractivity contribution in [1.82, 2.24) is 15.5 Å². The van der Waals surface area contributed by atoms with Crippen LogP contribution in [0.5, 0.6) is 0 Å². The van der Waals surface area contributed by atoms with Crippen molar-refractivity contribution < 1.29 is 9.18 Å². The summed E-state index contributed by atoms with van der Waals surface area (Å²) in [6, 6.07) is 4.21. The summed E-state index contributed by atoms with van der Waals surface area (Å²) in [5, 5.41) is 8.99. The number of benzene rings is 1. The zero-order valence-corrected chi connectivity index (χ0v) is 9.68. The largest absolute Gasteiger partial charge is 0.355 e. The lowest BCUT2D eigenvalue weighted by Gasteiger charge is -2.03. The lowest BCUT2D eigenvalue weighted by molar-refractivity contribution is 0.0964. The lowest BCUT2D eigenvalue weighted by Crippen LogP contribution is -2.17. The molecule has 0 aliphatic rings. The molecular formula is C11H9ClFN3O. The summed E-state index contributed by atoms with van der Waals surface area (Å²) >= 11 is 5.69. The van der Waals surface area contributed by atoms with E-state index in [9.17, 15) is 9.18 Å². The quantitative estimate of drug-likeness (QED) is 0.862. The fraction of sp³-hybridized carbons (Fsp3) is 0.0909. The predicted molar refractivity (Wildman–Crippen MR) is 62.4 cm³/mol. The zero-order chi connectivity index (χ0) is 12.4. The fourth-order valence-corrected chi connectivity index (χ4v) is 1.65. The van der Waals surface area contributed by atoms with Gasteiger partial charge in [-0.15, -0.1) is 0 Å². The number of aromatic nitrogens is 2. The Hall–Kier alpha value is -1.88. The van der Waals surface area contributed by atoms with E-state index in [0.717, 1.165) is 0 Å². The van der Waals surface area contributed by atoms with Crippen molar-refractivity contribution in [3.05, 3.63) is 40.8 Å². The minimum absolute atomic E-state index is 0.0000402. The van der Waals surface area contributed by atoms with E-state index < -0.39 is 5.82 Å². The maximum absolute atomic E-state index is 13.0. The van der Waals surface area contributed by atoms with Crippen LogP contribution in [0.4, 0.5) is 4.39 Å². The van der Waals surface area contributed by atoms with Crippen molar-refractivity contribution >= 4 is 17.5 Å². The first-order valence-corrected chi connectivity index (χ1v) is 5.22. The van der Waals surface area contributed by atoms with Gasteiger partial charge >= 0.3 is 0 Å². The number of hydrogen-bond donors (Lipinski definition) is 2. The fourth-order valence-electron chi connectivity index (χ4n) is 1.46. The maximum Gasteiger partial charge on any atom is 0.254 e. The number of aromatic amines is 1. The summed E-state index contributed by atoms with van der Waals surface area (Å²) in [6.07, 6.45) is 1.41. The number of amides is 1. The molecule has 6 heteroatoms. The van der Waals surface area contributed by atoms with Crippen LogP contribution in [0.1, 0.15) is 10.4 Å². The molecule has 2 aromatic rings. The summed E-state index contributed by atoms with van der Waals surface area (Å²) in [4.78, 5) is 11.5. The molecule has 0 aliphatic carbocycles. The molecule has 17 heavy (non-hydrogen) atoms. The van der Waals surface area contributed by atoms with Crippen LogP contribution in [0.2, 0.25) is 5.02 Å². The average Bonchev–Trinajstić information content (AvgIpc) is 2.80. The molecule has 0 unspecified atom stereocenters. The highest BCUT2D eigenvalue weighted by molar-refractivity contribution is 6.31. The molecule has 0 atom stereocenters. The van der Waals surface area contributed by atoms with Gasteiger partial charge < -0.3 is 5.32 Å². The Morgan fingerprint density at radius 3 is 2.94 bits per heavy atom. The summed E-state index contributed by atoms with van der Waals surface area (Å²) in [5.74, 6) is -0.773. The summed E-state index contributed by atoms with van der Waals surface area (Å²) < 4.78 is 13.0. The van der Waals surface area contributed by atoms with Crippen LogP contribution >= 0.6 is 11.6 Å². The van der Waals surface area contributed by atoms with Gasteiger partial charge in [0.05, 0.1) is 22.5 Å². The number of carbonyl (C=O) groups is 1. The first kappa shape index (κ1) is 11.6. The predicted octanol–water partition coefficient (Wildman–Crippen LogP) is 2.23. The van der Waals surface area contributed by atoms with Crippen molar-refractivity contribution in [2.45, 2.75) is 0 Å². The van der Waals surface area contributed by atoms with Gasteiger partial charge in [-0.25, -0.2) is 4.39 Å². The smallest absolute Gasteiger partial charge is 0.254 e. The Kier molecular flexibility index (Phi) is 3.10. The molecule has 2 N–H and O–H groups in total. The van der Waals surface area contributed by atoms with Crippen LogP contribution < -0.4 is 5.32 Å². The van der Waals surface area contributed by atoms with Gasteiger partial charge in [-0.2, -0.15) is 5.10 Å². The Labute approximate surface area is 102 Å². The molecule has 4 nitrogen and oxygen atoms in total. The van der Waals surface area contributed by atoms with E-state index >= 15 is 0 Å². The van der Waals surface area contributed by atoms with Gasteiger partial charge in [0.2, 0.25) is 0 Å². The van der Waals surface area contributed by atoms with Gasteiger partial charge in [-0.05, 0) is 18.2 Å². The van der Waals surface area contributed by atoms with Crippen molar-refractivity contribution in [2.24, 2.45) is 0 Å². The monoisotopic (exact) mass is 253 g/mol. The number of rotatable bonds is 2. The van der Waals surface area contributed by atoms with E-state index in [1.54, 1.807) is 0 Å². The van der Waals surface area contributed by atoms with Gasteiger partial charge in [0, 0.05) is 12.6 Å². The maximum atomic E-state index is 13.0. The number of carbonyl (C=O) groups excluding carboxylic acids is 1. The molecule has 0 fully saturated rings. The molecule has 0 aliphatic heterocycles. The van der Waals surface area contributed by atoms with Crippen molar-refractivity contribution in [2.75, 3.05) is 7.05 Å². The van der Waals surface area contributed by atoms with Gasteiger partial charge in [0.15, 0.2) is 0 Å². The van der Waals surface area contributed by atoms with Gasteiger partial charge in [-0.1, -0.05) is 11.6 Å². The minimum Gasteiger partial charge on any atom is -0.355 e. The van der Waals surface area contributed by atoms with Gasteiger partial charge in [-0.3, -0.25) is 9.89 Å². The second kappa shape index (κ2) is 4.55. The Morgan fingerprint density at radius 2 is 2.29 bits per heavy atom. The second-order valence-corrected chi connectivity index (χ2v) is 3.77. The minimum atomic E-state index is -0.503. The number of halogens is 2. The van der Waals surface area contributed by atoms with Crippen molar-refractivity contribution in [3.8, 4) is 11.3 Å². The topological polar surface area (TPSA) is 57.8 Å². The molecule has 1 heterocycles. The molecule has 1 amide bonds. The average molecular weight is 254 g/mol. The molecule has 1 aromatic heterocycles. The first-order valence-electron chi connectivity index (χ1n) is 4.84. The van der Waals surface area contributed by atoms with E-state index in [2.05, 4.69) is 15.5 Å².